The summed E-state index contributed by atoms with van der Waals surface area (Å²) in [7, 11) is -3.75. The number of carbonyl (C=O) groups is 1. The molecule has 0 aliphatic heterocycles. The Kier molecular flexibility index (Phi) is 6.05. The standard InChI is InChI=1S/C26H22N2O3S/c1-19-6-5-7-22(18-19)20-12-16-25(17-13-20)32(30,31)28-24-14-10-21(11-15-24)26(29)27-23-8-3-2-4-9-23/h2-18,28H,1H3,(H,27,29). The number of amides is 1. The van der Waals surface area contributed by atoms with E-state index in [0.29, 0.717) is 16.9 Å². The van der Waals surface area contributed by atoms with Gasteiger partial charge in [-0.1, -0.05) is 60.2 Å². The summed E-state index contributed by atoms with van der Waals surface area (Å²) in [5.74, 6) is -0.266. The van der Waals surface area contributed by atoms with E-state index in [9.17, 15) is 13.2 Å². The van der Waals surface area contributed by atoms with Gasteiger partial charge in [-0.05, 0) is 66.6 Å². The van der Waals surface area contributed by atoms with Crippen molar-refractivity contribution in [3.8, 4) is 11.1 Å². The second kappa shape index (κ2) is 9.08. The molecule has 4 aromatic carbocycles. The van der Waals surface area contributed by atoms with E-state index in [4.69, 9.17) is 0 Å². The van der Waals surface area contributed by atoms with Crippen LogP contribution in [-0.4, -0.2) is 14.3 Å². The van der Waals surface area contributed by atoms with Gasteiger partial charge in [0, 0.05) is 16.9 Å². The Morgan fingerprint density at radius 3 is 2.03 bits per heavy atom. The Bertz CT molecular complexity index is 1330. The molecule has 4 aromatic rings. The second-order valence-corrected chi connectivity index (χ2v) is 9.08. The van der Waals surface area contributed by atoms with Crippen molar-refractivity contribution in [2.24, 2.45) is 0 Å². The summed E-state index contributed by atoms with van der Waals surface area (Å²) in [5.41, 5.74) is 4.62. The van der Waals surface area contributed by atoms with Crippen LogP contribution in [0, 0.1) is 6.92 Å². The fourth-order valence-electron chi connectivity index (χ4n) is 3.28. The van der Waals surface area contributed by atoms with Crippen molar-refractivity contribution in [1.82, 2.24) is 0 Å². The fourth-order valence-corrected chi connectivity index (χ4v) is 4.34. The summed E-state index contributed by atoms with van der Waals surface area (Å²) in [4.78, 5) is 12.5. The van der Waals surface area contributed by atoms with E-state index in [-0.39, 0.29) is 10.8 Å². The van der Waals surface area contributed by atoms with Gasteiger partial charge in [0.2, 0.25) is 0 Å². The van der Waals surface area contributed by atoms with E-state index >= 15 is 0 Å². The molecule has 32 heavy (non-hydrogen) atoms. The molecule has 0 saturated carbocycles. The molecule has 0 heterocycles. The Morgan fingerprint density at radius 2 is 1.38 bits per heavy atom. The third-order valence-corrected chi connectivity index (χ3v) is 6.34. The fraction of sp³-hybridized carbons (Fsp3) is 0.0385. The Morgan fingerprint density at radius 1 is 0.688 bits per heavy atom. The average molecular weight is 443 g/mol. The van der Waals surface area contributed by atoms with Crippen LogP contribution in [0.1, 0.15) is 15.9 Å². The van der Waals surface area contributed by atoms with Crippen molar-refractivity contribution >= 4 is 27.3 Å². The smallest absolute Gasteiger partial charge is 0.261 e. The largest absolute Gasteiger partial charge is 0.322 e. The first-order valence-corrected chi connectivity index (χ1v) is 11.6. The highest BCUT2D eigenvalue weighted by Gasteiger charge is 2.15. The number of benzene rings is 4. The zero-order valence-electron chi connectivity index (χ0n) is 17.4. The lowest BCUT2D eigenvalue weighted by Crippen LogP contribution is -2.14. The molecule has 0 bridgehead atoms. The molecule has 0 unspecified atom stereocenters. The highest BCUT2D eigenvalue weighted by molar-refractivity contribution is 7.92. The molecular weight excluding hydrogens is 420 g/mol. The van der Waals surface area contributed by atoms with Crippen molar-refractivity contribution < 1.29 is 13.2 Å². The summed E-state index contributed by atoms with van der Waals surface area (Å²) < 4.78 is 28.1. The third-order valence-electron chi connectivity index (χ3n) is 4.95. The normalized spacial score (nSPS) is 11.0. The lowest BCUT2D eigenvalue weighted by molar-refractivity contribution is 0.102. The zero-order valence-corrected chi connectivity index (χ0v) is 18.3. The quantitative estimate of drug-likeness (QED) is 0.401. The van der Waals surface area contributed by atoms with E-state index in [2.05, 4.69) is 16.1 Å². The van der Waals surface area contributed by atoms with Crippen LogP contribution in [0.2, 0.25) is 0 Å². The van der Waals surface area contributed by atoms with Crippen LogP contribution in [0.25, 0.3) is 11.1 Å². The predicted octanol–water partition coefficient (Wildman–Crippen LogP) is 5.72. The van der Waals surface area contributed by atoms with E-state index in [1.54, 1.807) is 60.7 Å². The van der Waals surface area contributed by atoms with Crippen LogP contribution < -0.4 is 10.0 Å². The molecule has 4 rings (SSSR count). The number of aryl methyl sites for hydroxylation is 1. The molecule has 0 atom stereocenters. The minimum absolute atomic E-state index is 0.166. The van der Waals surface area contributed by atoms with Crippen LogP contribution in [0.15, 0.2) is 108 Å². The highest BCUT2D eigenvalue weighted by atomic mass is 32.2. The third kappa shape index (κ3) is 5.04. The highest BCUT2D eigenvalue weighted by Crippen LogP contribution is 2.23. The number of para-hydroxylation sites is 1. The van der Waals surface area contributed by atoms with Crippen LogP contribution in [-0.2, 0) is 10.0 Å². The minimum atomic E-state index is -3.75. The maximum Gasteiger partial charge on any atom is 0.261 e. The van der Waals surface area contributed by atoms with Gasteiger partial charge >= 0.3 is 0 Å². The van der Waals surface area contributed by atoms with Gasteiger partial charge in [0.05, 0.1) is 4.90 Å². The number of anilines is 2. The van der Waals surface area contributed by atoms with Crippen molar-refractivity contribution in [1.29, 1.82) is 0 Å². The van der Waals surface area contributed by atoms with Crippen LogP contribution in [0.4, 0.5) is 11.4 Å². The van der Waals surface area contributed by atoms with E-state index in [0.717, 1.165) is 16.7 Å². The monoisotopic (exact) mass is 442 g/mol. The minimum Gasteiger partial charge on any atom is -0.322 e. The maximum atomic E-state index is 12.8. The second-order valence-electron chi connectivity index (χ2n) is 7.40. The first-order chi connectivity index (χ1) is 15.4. The Labute approximate surface area is 187 Å². The molecule has 6 heteroatoms. The lowest BCUT2D eigenvalue weighted by atomic mass is 10.0. The number of hydrogen-bond donors (Lipinski definition) is 2. The summed E-state index contributed by atoms with van der Waals surface area (Å²) in [6.07, 6.45) is 0. The van der Waals surface area contributed by atoms with Gasteiger partial charge in [0.25, 0.3) is 15.9 Å². The first-order valence-electron chi connectivity index (χ1n) is 10.1. The van der Waals surface area contributed by atoms with Gasteiger partial charge < -0.3 is 5.32 Å². The van der Waals surface area contributed by atoms with Gasteiger partial charge in [-0.15, -0.1) is 0 Å². The molecule has 0 aliphatic rings. The van der Waals surface area contributed by atoms with Crippen molar-refractivity contribution in [2.75, 3.05) is 10.0 Å². The van der Waals surface area contributed by atoms with Crippen molar-refractivity contribution in [3.63, 3.8) is 0 Å². The van der Waals surface area contributed by atoms with E-state index in [1.807, 2.05) is 43.3 Å². The maximum absolute atomic E-state index is 12.8. The number of carbonyl (C=O) groups excluding carboxylic acids is 1. The van der Waals surface area contributed by atoms with Crippen molar-refractivity contribution in [3.05, 3.63) is 114 Å². The summed E-state index contributed by atoms with van der Waals surface area (Å²) >= 11 is 0. The summed E-state index contributed by atoms with van der Waals surface area (Å²) in [6.45, 7) is 2.02. The van der Waals surface area contributed by atoms with Crippen LogP contribution in [0.5, 0.6) is 0 Å². The van der Waals surface area contributed by atoms with E-state index < -0.39 is 10.0 Å². The molecule has 0 fully saturated rings. The molecule has 5 nitrogen and oxygen atoms in total. The number of nitrogens with one attached hydrogen (secondary N) is 2. The van der Waals surface area contributed by atoms with Gasteiger partial charge in [-0.3, -0.25) is 9.52 Å². The predicted molar refractivity (Wildman–Crippen MR) is 128 cm³/mol. The molecule has 1 amide bonds. The number of rotatable bonds is 6. The molecule has 0 aromatic heterocycles. The molecule has 0 spiro atoms. The Balaban J connectivity index is 1.45. The van der Waals surface area contributed by atoms with Gasteiger partial charge in [0.15, 0.2) is 0 Å². The van der Waals surface area contributed by atoms with Gasteiger partial charge in [-0.25, -0.2) is 8.42 Å². The molecule has 0 radical (unpaired) electrons. The van der Waals surface area contributed by atoms with Crippen LogP contribution >= 0.6 is 0 Å². The molecule has 160 valence electrons. The molecule has 0 aliphatic carbocycles. The molecular formula is C26H22N2O3S. The summed E-state index contributed by atoms with van der Waals surface area (Å²) in [6, 6.07) is 30.2. The molecule has 0 saturated heterocycles. The van der Waals surface area contributed by atoms with Crippen molar-refractivity contribution in [2.45, 2.75) is 11.8 Å². The summed E-state index contributed by atoms with van der Waals surface area (Å²) in [5, 5.41) is 2.80. The zero-order chi connectivity index (χ0) is 22.6. The average Bonchev–Trinajstić information content (AvgIpc) is 2.80. The molecule has 2 N–H and O–H groups in total. The van der Waals surface area contributed by atoms with Crippen LogP contribution in [0.3, 0.4) is 0 Å². The topological polar surface area (TPSA) is 75.3 Å². The van der Waals surface area contributed by atoms with Gasteiger partial charge in [0.1, 0.15) is 0 Å². The van der Waals surface area contributed by atoms with E-state index in [1.165, 1.54) is 0 Å². The van der Waals surface area contributed by atoms with Gasteiger partial charge in [-0.2, -0.15) is 0 Å². The first kappa shape index (κ1) is 21.3. The Hall–Kier alpha value is -3.90. The number of hydrogen-bond acceptors (Lipinski definition) is 3. The number of sulfonamides is 1. The lowest BCUT2D eigenvalue weighted by Gasteiger charge is -2.10. The SMILES string of the molecule is Cc1cccc(-c2ccc(S(=O)(=O)Nc3ccc(C(=O)Nc4ccccc4)cc3)cc2)c1.